The second-order valence-corrected chi connectivity index (χ2v) is 7.20. The van der Waals surface area contributed by atoms with E-state index in [0.717, 1.165) is 25.9 Å². The van der Waals surface area contributed by atoms with Crippen molar-refractivity contribution in [3.63, 3.8) is 0 Å². The summed E-state index contributed by atoms with van der Waals surface area (Å²) in [6.45, 7) is 0. The molecule has 8 heteroatoms. The molecule has 2 aromatic carbocycles. The van der Waals surface area contributed by atoms with Crippen LogP contribution >= 0.6 is 34.3 Å². The first-order valence-corrected chi connectivity index (χ1v) is 8.71. The zero-order chi connectivity index (χ0) is 15.8. The number of thiazole rings is 1. The van der Waals surface area contributed by atoms with E-state index in [1.54, 1.807) is 0 Å². The molecule has 4 aromatic rings. The van der Waals surface area contributed by atoms with Crippen molar-refractivity contribution in [2.75, 3.05) is 11.1 Å². The van der Waals surface area contributed by atoms with E-state index < -0.39 is 0 Å². The molecule has 0 unspecified atom stereocenters. The second-order valence-electron chi connectivity index (χ2n) is 4.76. The van der Waals surface area contributed by atoms with Gasteiger partial charge in [-0.1, -0.05) is 46.4 Å². The molecule has 0 aliphatic heterocycles. The Labute approximate surface area is 144 Å². The summed E-state index contributed by atoms with van der Waals surface area (Å²) in [6.07, 6.45) is 0. The number of para-hydroxylation sites is 1. The van der Waals surface area contributed by atoms with Gasteiger partial charge in [-0.15, -0.1) is 10.2 Å². The van der Waals surface area contributed by atoms with Crippen LogP contribution in [-0.4, -0.2) is 15.2 Å². The maximum atomic E-state index is 6.00. The summed E-state index contributed by atoms with van der Waals surface area (Å²) < 4.78 is 1.03. The Morgan fingerprint density at radius 2 is 1.87 bits per heavy atom. The first-order valence-electron chi connectivity index (χ1n) is 6.70. The molecule has 4 rings (SSSR count). The SMILES string of the molecule is Nc1ccccc1-c1nnc(Nc2nc3ccc(Cl)cc3s2)s1. The molecule has 0 fully saturated rings. The molecular weight excluding hydrogens is 350 g/mol. The topological polar surface area (TPSA) is 76.7 Å². The van der Waals surface area contributed by atoms with Crippen molar-refractivity contribution >= 4 is 60.4 Å². The average molecular weight is 360 g/mol. The first kappa shape index (κ1) is 14.4. The highest BCUT2D eigenvalue weighted by molar-refractivity contribution is 7.23. The van der Waals surface area contributed by atoms with Crippen molar-refractivity contribution < 1.29 is 0 Å². The first-order chi connectivity index (χ1) is 11.2. The lowest BCUT2D eigenvalue weighted by Gasteiger charge is -1.99. The largest absolute Gasteiger partial charge is 0.398 e. The van der Waals surface area contributed by atoms with Crippen LogP contribution in [-0.2, 0) is 0 Å². The number of nitrogen functional groups attached to an aromatic ring is 1. The summed E-state index contributed by atoms with van der Waals surface area (Å²) in [6, 6.07) is 13.2. The average Bonchev–Trinajstić information content (AvgIpc) is 3.14. The number of anilines is 3. The molecule has 0 spiro atoms. The third-order valence-electron chi connectivity index (χ3n) is 3.18. The van der Waals surface area contributed by atoms with Crippen LogP contribution in [0, 0.1) is 0 Å². The number of aromatic nitrogens is 3. The van der Waals surface area contributed by atoms with Gasteiger partial charge in [-0.3, -0.25) is 0 Å². The maximum Gasteiger partial charge on any atom is 0.212 e. The van der Waals surface area contributed by atoms with Gasteiger partial charge in [0.1, 0.15) is 0 Å². The summed E-state index contributed by atoms with van der Waals surface area (Å²) >= 11 is 8.96. The molecule has 0 saturated heterocycles. The van der Waals surface area contributed by atoms with Gasteiger partial charge in [-0.2, -0.15) is 0 Å². The Kier molecular flexibility index (Phi) is 3.60. The number of benzene rings is 2. The predicted molar refractivity (Wildman–Crippen MR) is 97.7 cm³/mol. The van der Waals surface area contributed by atoms with E-state index >= 15 is 0 Å². The lowest BCUT2D eigenvalue weighted by molar-refractivity contribution is 1.10. The fourth-order valence-electron chi connectivity index (χ4n) is 2.12. The minimum absolute atomic E-state index is 0.674. The normalized spacial score (nSPS) is 11.0. The molecule has 23 heavy (non-hydrogen) atoms. The van der Waals surface area contributed by atoms with Crippen molar-refractivity contribution in [3.05, 3.63) is 47.5 Å². The molecule has 0 bridgehead atoms. The van der Waals surface area contributed by atoms with Crippen LogP contribution in [0.3, 0.4) is 0 Å². The lowest BCUT2D eigenvalue weighted by atomic mass is 10.2. The molecule has 2 aromatic heterocycles. The highest BCUT2D eigenvalue weighted by atomic mass is 35.5. The highest BCUT2D eigenvalue weighted by Gasteiger charge is 2.11. The molecule has 0 aliphatic rings. The third kappa shape index (κ3) is 2.86. The van der Waals surface area contributed by atoms with Crippen LogP contribution < -0.4 is 11.1 Å². The van der Waals surface area contributed by atoms with Gasteiger partial charge in [0.05, 0.1) is 10.2 Å². The lowest BCUT2D eigenvalue weighted by Crippen LogP contribution is -1.88. The predicted octanol–water partition coefficient (Wildman–Crippen LogP) is 4.79. The summed E-state index contributed by atoms with van der Waals surface area (Å²) in [4.78, 5) is 4.51. The van der Waals surface area contributed by atoms with Gasteiger partial charge in [0.2, 0.25) is 5.13 Å². The number of hydrogen-bond acceptors (Lipinski definition) is 7. The van der Waals surface area contributed by atoms with E-state index in [0.29, 0.717) is 15.8 Å². The molecule has 3 N–H and O–H groups in total. The van der Waals surface area contributed by atoms with Gasteiger partial charge in [-0.05, 0) is 30.3 Å². The van der Waals surface area contributed by atoms with Crippen LogP contribution in [0.15, 0.2) is 42.5 Å². The number of nitrogens with one attached hydrogen (secondary N) is 1. The Hall–Kier alpha value is -2.22. The number of halogens is 1. The molecule has 5 nitrogen and oxygen atoms in total. The summed E-state index contributed by atoms with van der Waals surface area (Å²) in [5.74, 6) is 0. The van der Waals surface area contributed by atoms with Gasteiger partial charge < -0.3 is 11.1 Å². The summed E-state index contributed by atoms with van der Waals surface area (Å²) in [7, 11) is 0. The quantitative estimate of drug-likeness (QED) is 0.514. The van der Waals surface area contributed by atoms with Gasteiger partial charge in [0.15, 0.2) is 10.1 Å². The van der Waals surface area contributed by atoms with Crippen LogP contribution in [0.1, 0.15) is 0 Å². The van der Waals surface area contributed by atoms with E-state index in [9.17, 15) is 0 Å². The number of hydrogen-bond donors (Lipinski definition) is 2. The van der Waals surface area contributed by atoms with E-state index in [4.69, 9.17) is 17.3 Å². The van der Waals surface area contributed by atoms with Crippen LogP contribution in [0.2, 0.25) is 5.02 Å². The summed E-state index contributed by atoms with van der Waals surface area (Å²) in [5, 5.41) is 14.4. The number of nitrogens with zero attached hydrogens (tertiary/aromatic N) is 3. The van der Waals surface area contributed by atoms with Crippen molar-refractivity contribution in [3.8, 4) is 10.6 Å². The number of nitrogens with two attached hydrogens (primary N) is 1. The fourth-order valence-corrected chi connectivity index (χ4v) is 4.11. The Morgan fingerprint density at radius 1 is 1.00 bits per heavy atom. The number of fused-ring (bicyclic) bond motifs is 1. The Morgan fingerprint density at radius 3 is 2.74 bits per heavy atom. The molecule has 0 saturated carbocycles. The van der Waals surface area contributed by atoms with Crippen molar-refractivity contribution in [2.24, 2.45) is 0 Å². The molecule has 0 aliphatic carbocycles. The van der Waals surface area contributed by atoms with Gasteiger partial charge in [0.25, 0.3) is 0 Å². The number of rotatable bonds is 3. The van der Waals surface area contributed by atoms with Crippen molar-refractivity contribution in [1.82, 2.24) is 15.2 Å². The maximum absolute atomic E-state index is 6.00. The van der Waals surface area contributed by atoms with Gasteiger partial charge >= 0.3 is 0 Å². The standard InChI is InChI=1S/C15H10ClN5S2/c16-8-5-6-11-12(7-8)22-14(18-11)19-15-21-20-13(23-15)9-3-1-2-4-10(9)17/h1-7H,17H2,(H,18,19,21). The van der Waals surface area contributed by atoms with E-state index in [1.807, 2.05) is 42.5 Å². The van der Waals surface area contributed by atoms with Gasteiger partial charge in [0, 0.05) is 16.3 Å². The minimum Gasteiger partial charge on any atom is -0.398 e. The fraction of sp³-hybridized carbons (Fsp3) is 0. The minimum atomic E-state index is 0.674. The molecular formula is C15H10ClN5S2. The Bertz CT molecular complexity index is 994. The second kappa shape index (κ2) is 5.77. The monoisotopic (exact) mass is 359 g/mol. The molecule has 2 heterocycles. The highest BCUT2D eigenvalue weighted by Crippen LogP contribution is 2.34. The summed E-state index contributed by atoms with van der Waals surface area (Å²) in [5.41, 5.74) is 8.45. The Balaban J connectivity index is 1.63. The van der Waals surface area contributed by atoms with Crippen LogP contribution in [0.5, 0.6) is 0 Å². The third-order valence-corrected chi connectivity index (χ3v) is 5.22. The van der Waals surface area contributed by atoms with E-state index in [1.165, 1.54) is 22.7 Å². The van der Waals surface area contributed by atoms with Crippen LogP contribution in [0.4, 0.5) is 16.0 Å². The molecule has 0 radical (unpaired) electrons. The van der Waals surface area contributed by atoms with E-state index in [-0.39, 0.29) is 0 Å². The molecule has 0 amide bonds. The molecule has 114 valence electrons. The smallest absolute Gasteiger partial charge is 0.212 e. The van der Waals surface area contributed by atoms with E-state index in [2.05, 4.69) is 20.5 Å². The zero-order valence-corrected chi connectivity index (χ0v) is 14.0. The zero-order valence-electron chi connectivity index (χ0n) is 11.7. The molecule has 0 atom stereocenters. The van der Waals surface area contributed by atoms with Crippen molar-refractivity contribution in [2.45, 2.75) is 0 Å². The van der Waals surface area contributed by atoms with Gasteiger partial charge in [-0.25, -0.2) is 4.98 Å². The van der Waals surface area contributed by atoms with Crippen molar-refractivity contribution in [1.29, 1.82) is 0 Å². The van der Waals surface area contributed by atoms with Crippen LogP contribution in [0.25, 0.3) is 20.8 Å².